The summed E-state index contributed by atoms with van der Waals surface area (Å²) >= 11 is 0. The smallest absolute Gasteiger partial charge is 0.255 e. The molecule has 3 N–H and O–H groups in total. The third-order valence-electron chi connectivity index (χ3n) is 2.70. The van der Waals surface area contributed by atoms with Gasteiger partial charge in [-0.3, -0.25) is 4.79 Å². The number of carbonyl (C=O) groups is 1. The van der Waals surface area contributed by atoms with Gasteiger partial charge in [-0.05, 0) is 30.3 Å². The highest BCUT2D eigenvalue weighted by Gasteiger charge is 2.15. The molecular formula is C14H12F2N2O2. The largest absolute Gasteiger partial charge is 0.497 e. The van der Waals surface area contributed by atoms with Crippen molar-refractivity contribution in [1.82, 2.24) is 0 Å². The van der Waals surface area contributed by atoms with Crippen LogP contribution in [-0.4, -0.2) is 13.0 Å². The van der Waals surface area contributed by atoms with Gasteiger partial charge in [0.1, 0.15) is 11.4 Å². The summed E-state index contributed by atoms with van der Waals surface area (Å²) in [7, 11) is 1.46. The SMILES string of the molecule is COc1cccc(C(=O)Nc2c(N)ccc(F)c2F)c1. The van der Waals surface area contributed by atoms with Crippen LogP contribution >= 0.6 is 0 Å². The highest BCUT2D eigenvalue weighted by Crippen LogP contribution is 2.25. The van der Waals surface area contributed by atoms with Gasteiger partial charge >= 0.3 is 0 Å². The van der Waals surface area contributed by atoms with E-state index in [-0.39, 0.29) is 16.9 Å². The van der Waals surface area contributed by atoms with Crippen molar-refractivity contribution in [3.63, 3.8) is 0 Å². The van der Waals surface area contributed by atoms with Crippen molar-refractivity contribution in [2.75, 3.05) is 18.2 Å². The quantitative estimate of drug-likeness (QED) is 0.848. The summed E-state index contributed by atoms with van der Waals surface area (Å²) in [6.45, 7) is 0. The van der Waals surface area contributed by atoms with Crippen molar-refractivity contribution in [3.05, 3.63) is 53.6 Å². The summed E-state index contributed by atoms with van der Waals surface area (Å²) in [4.78, 5) is 12.0. The zero-order valence-electron chi connectivity index (χ0n) is 10.6. The van der Waals surface area contributed by atoms with Crippen LogP contribution in [0.25, 0.3) is 0 Å². The first-order chi connectivity index (χ1) is 9.52. The Balaban J connectivity index is 2.30. The maximum Gasteiger partial charge on any atom is 0.255 e. The molecule has 0 aliphatic carbocycles. The molecule has 0 aromatic heterocycles. The van der Waals surface area contributed by atoms with Crippen LogP contribution in [0.5, 0.6) is 5.75 Å². The number of ether oxygens (including phenoxy) is 1. The Kier molecular flexibility index (Phi) is 3.84. The number of carbonyl (C=O) groups excluding carboxylic acids is 1. The molecule has 0 atom stereocenters. The van der Waals surface area contributed by atoms with Gasteiger partial charge in [-0.1, -0.05) is 6.07 Å². The molecular weight excluding hydrogens is 266 g/mol. The van der Waals surface area contributed by atoms with Gasteiger partial charge in [0.2, 0.25) is 0 Å². The van der Waals surface area contributed by atoms with Crippen LogP contribution in [-0.2, 0) is 0 Å². The first-order valence-electron chi connectivity index (χ1n) is 5.72. The molecule has 2 aromatic carbocycles. The average Bonchev–Trinajstić information content (AvgIpc) is 2.47. The van der Waals surface area contributed by atoms with Crippen molar-refractivity contribution in [2.45, 2.75) is 0 Å². The van der Waals surface area contributed by atoms with E-state index in [2.05, 4.69) is 5.32 Å². The standard InChI is InChI=1S/C14H12F2N2O2/c1-20-9-4-2-3-8(7-9)14(19)18-13-11(17)6-5-10(15)12(13)16/h2-7H,17H2,1H3,(H,18,19). The van der Waals surface area contributed by atoms with Gasteiger partial charge in [-0.15, -0.1) is 0 Å². The van der Waals surface area contributed by atoms with Gasteiger partial charge in [0.05, 0.1) is 12.8 Å². The zero-order valence-corrected chi connectivity index (χ0v) is 10.6. The predicted molar refractivity (Wildman–Crippen MR) is 71.7 cm³/mol. The van der Waals surface area contributed by atoms with Gasteiger partial charge < -0.3 is 15.8 Å². The molecule has 0 aliphatic rings. The fourth-order valence-electron chi connectivity index (χ4n) is 1.64. The molecule has 0 saturated heterocycles. The molecule has 0 bridgehead atoms. The van der Waals surface area contributed by atoms with Crippen molar-refractivity contribution in [3.8, 4) is 5.75 Å². The highest BCUT2D eigenvalue weighted by atomic mass is 19.2. The van der Waals surface area contributed by atoms with Crippen LogP contribution in [0.2, 0.25) is 0 Å². The topological polar surface area (TPSA) is 64.3 Å². The van der Waals surface area contributed by atoms with Gasteiger partial charge in [-0.2, -0.15) is 0 Å². The Morgan fingerprint density at radius 1 is 1.25 bits per heavy atom. The minimum atomic E-state index is -1.19. The van der Waals surface area contributed by atoms with Gasteiger partial charge in [0, 0.05) is 5.56 Å². The van der Waals surface area contributed by atoms with E-state index in [0.717, 1.165) is 6.07 Å². The number of halogens is 2. The lowest BCUT2D eigenvalue weighted by Gasteiger charge is -2.10. The summed E-state index contributed by atoms with van der Waals surface area (Å²) < 4.78 is 31.7. The van der Waals surface area contributed by atoms with E-state index in [1.165, 1.54) is 25.3 Å². The molecule has 2 rings (SSSR count). The molecule has 0 fully saturated rings. The number of amides is 1. The first-order valence-corrected chi connectivity index (χ1v) is 5.72. The number of benzene rings is 2. The van der Waals surface area contributed by atoms with E-state index >= 15 is 0 Å². The molecule has 1 amide bonds. The van der Waals surface area contributed by atoms with E-state index in [4.69, 9.17) is 10.5 Å². The number of methoxy groups -OCH3 is 1. The molecule has 0 spiro atoms. The van der Waals surface area contributed by atoms with Gasteiger partial charge in [-0.25, -0.2) is 8.78 Å². The molecule has 0 saturated carbocycles. The predicted octanol–water partition coefficient (Wildman–Crippen LogP) is 2.81. The van der Waals surface area contributed by atoms with Crippen molar-refractivity contribution < 1.29 is 18.3 Å². The van der Waals surface area contributed by atoms with E-state index in [1.54, 1.807) is 12.1 Å². The lowest BCUT2D eigenvalue weighted by Crippen LogP contribution is -2.15. The number of nitrogens with two attached hydrogens (primary N) is 1. The third kappa shape index (κ3) is 2.69. The molecule has 0 heterocycles. The highest BCUT2D eigenvalue weighted by molar-refractivity contribution is 6.06. The van der Waals surface area contributed by atoms with E-state index in [1.807, 2.05) is 0 Å². The van der Waals surface area contributed by atoms with Crippen LogP contribution < -0.4 is 15.8 Å². The molecule has 104 valence electrons. The van der Waals surface area contributed by atoms with Crippen LogP contribution in [0.4, 0.5) is 20.2 Å². The number of nitrogens with one attached hydrogen (secondary N) is 1. The first kappa shape index (κ1) is 13.8. The van der Waals surface area contributed by atoms with Crippen molar-refractivity contribution in [2.24, 2.45) is 0 Å². The summed E-state index contributed by atoms with van der Waals surface area (Å²) in [6, 6.07) is 8.34. The van der Waals surface area contributed by atoms with Crippen LogP contribution in [0.1, 0.15) is 10.4 Å². The van der Waals surface area contributed by atoms with E-state index in [0.29, 0.717) is 5.75 Å². The zero-order chi connectivity index (χ0) is 14.7. The molecule has 20 heavy (non-hydrogen) atoms. The minimum absolute atomic E-state index is 0.0554. The second kappa shape index (κ2) is 5.56. The van der Waals surface area contributed by atoms with Crippen LogP contribution in [0, 0.1) is 11.6 Å². The number of anilines is 2. The van der Waals surface area contributed by atoms with Crippen molar-refractivity contribution >= 4 is 17.3 Å². The molecule has 6 heteroatoms. The van der Waals surface area contributed by atoms with E-state index < -0.39 is 17.5 Å². The van der Waals surface area contributed by atoms with Crippen LogP contribution in [0.3, 0.4) is 0 Å². The fourth-order valence-corrected chi connectivity index (χ4v) is 1.64. The number of hydrogen-bond donors (Lipinski definition) is 2. The van der Waals surface area contributed by atoms with Gasteiger partial charge in [0.25, 0.3) is 5.91 Å². The fraction of sp³-hybridized carbons (Fsp3) is 0.0714. The average molecular weight is 278 g/mol. The lowest BCUT2D eigenvalue weighted by molar-refractivity contribution is 0.102. The molecule has 2 aromatic rings. The number of rotatable bonds is 3. The Labute approximate surface area is 114 Å². The Morgan fingerprint density at radius 3 is 2.70 bits per heavy atom. The van der Waals surface area contributed by atoms with E-state index in [9.17, 15) is 13.6 Å². The number of hydrogen-bond acceptors (Lipinski definition) is 3. The Morgan fingerprint density at radius 2 is 2.00 bits per heavy atom. The third-order valence-corrected chi connectivity index (χ3v) is 2.70. The summed E-state index contributed by atoms with van der Waals surface area (Å²) in [6.07, 6.45) is 0. The molecule has 0 unspecified atom stereocenters. The molecule has 0 radical (unpaired) electrons. The Hall–Kier alpha value is -2.63. The monoisotopic (exact) mass is 278 g/mol. The Bertz CT molecular complexity index is 660. The lowest BCUT2D eigenvalue weighted by atomic mass is 10.2. The summed E-state index contributed by atoms with van der Waals surface area (Å²) in [5, 5.41) is 2.25. The second-order valence-corrected chi connectivity index (χ2v) is 4.01. The second-order valence-electron chi connectivity index (χ2n) is 4.01. The minimum Gasteiger partial charge on any atom is -0.497 e. The maximum absolute atomic E-state index is 13.6. The summed E-state index contributed by atoms with van der Waals surface area (Å²) in [5.74, 6) is -2.41. The van der Waals surface area contributed by atoms with Crippen molar-refractivity contribution in [1.29, 1.82) is 0 Å². The van der Waals surface area contributed by atoms with Crippen LogP contribution in [0.15, 0.2) is 36.4 Å². The number of nitrogen functional groups attached to an aromatic ring is 1. The summed E-state index contributed by atoms with van der Waals surface area (Å²) in [5.41, 5.74) is 5.34. The maximum atomic E-state index is 13.6. The molecule has 4 nitrogen and oxygen atoms in total. The van der Waals surface area contributed by atoms with Gasteiger partial charge in [0.15, 0.2) is 11.6 Å². The normalized spacial score (nSPS) is 10.2. The molecule has 0 aliphatic heterocycles.